The lowest BCUT2D eigenvalue weighted by Gasteiger charge is -2.42. The number of hydrogen-bond acceptors (Lipinski definition) is 3. The van der Waals surface area contributed by atoms with Crippen molar-refractivity contribution in [3.8, 4) is 0 Å². The first kappa shape index (κ1) is 14.8. The first-order valence-electron chi connectivity index (χ1n) is 6.93. The average molecular weight is 287 g/mol. The van der Waals surface area contributed by atoms with Crippen LogP contribution >= 0.6 is 11.6 Å². The first-order valence-corrected chi connectivity index (χ1v) is 7.31. The molecule has 1 heterocycles. The fourth-order valence-corrected chi connectivity index (χ4v) is 3.42. The summed E-state index contributed by atoms with van der Waals surface area (Å²) in [7, 11) is 1.66. The Morgan fingerprint density at radius 1 is 1.58 bits per heavy atom. The van der Waals surface area contributed by atoms with Gasteiger partial charge in [0.25, 0.3) is 0 Å². The maximum Gasteiger partial charge on any atom is 0.110 e. The van der Waals surface area contributed by atoms with E-state index in [-0.39, 0.29) is 5.92 Å². The molecule has 1 N–H and O–H groups in total. The molecule has 1 fully saturated rings. The van der Waals surface area contributed by atoms with Crippen LogP contribution in [0.15, 0.2) is 6.20 Å². The van der Waals surface area contributed by atoms with Crippen LogP contribution in [-0.2, 0) is 16.9 Å². The highest BCUT2D eigenvalue weighted by molar-refractivity contribution is 6.31. The first-order chi connectivity index (χ1) is 9.00. The lowest BCUT2D eigenvalue weighted by Crippen LogP contribution is -2.42. The van der Waals surface area contributed by atoms with Crippen molar-refractivity contribution in [1.82, 2.24) is 9.78 Å². The fourth-order valence-electron chi connectivity index (χ4n) is 3.12. The molecular formula is C14H23ClN2O2. The smallest absolute Gasteiger partial charge is 0.110 e. The largest absolute Gasteiger partial charge is 0.383 e. The van der Waals surface area contributed by atoms with Gasteiger partial charge in [0, 0.05) is 7.11 Å². The van der Waals surface area contributed by atoms with Gasteiger partial charge in [-0.1, -0.05) is 31.9 Å². The Bertz CT molecular complexity index is 435. The number of methoxy groups -OCH3 is 1. The van der Waals surface area contributed by atoms with E-state index in [1.54, 1.807) is 18.0 Å². The summed E-state index contributed by atoms with van der Waals surface area (Å²) in [5.41, 5.74) is -0.121. The second-order valence-corrected chi connectivity index (χ2v) is 6.05. The standard InChI is InChI=1S/C14H23ClN2O2/c1-10-5-4-6-14(18,11(10)2)13-12(15)9-16-17(13)7-8-19-3/h9-11,18H,4-8H2,1-3H3. The molecule has 1 aliphatic rings. The molecule has 5 heteroatoms. The minimum atomic E-state index is -0.876. The third-order valence-corrected chi connectivity index (χ3v) is 4.81. The molecule has 0 radical (unpaired) electrons. The monoisotopic (exact) mass is 286 g/mol. The van der Waals surface area contributed by atoms with Crippen molar-refractivity contribution >= 4 is 11.6 Å². The summed E-state index contributed by atoms with van der Waals surface area (Å²) < 4.78 is 6.88. The molecule has 4 nitrogen and oxygen atoms in total. The lowest BCUT2D eigenvalue weighted by atomic mass is 9.69. The van der Waals surface area contributed by atoms with Gasteiger partial charge in [0.1, 0.15) is 5.60 Å². The van der Waals surface area contributed by atoms with E-state index in [2.05, 4.69) is 18.9 Å². The number of aliphatic hydroxyl groups is 1. The van der Waals surface area contributed by atoms with Crippen LogP contribution < -0.4 is 0 Å². The number of rotatable bonds is 4. The number of nitrogens with zero attached hydrogens (tertiary/aromatic N) is 2. The van der Waals surface area contributed by atoms with E-state index in [1.807, 2.05) is 0 Å². The molecule has 2 rings (SSSR count). The quantitative estimate of drug-likeness (QED) is 0.926. The van der Waals surface area contributed by atoms with Crippen LogP contribution in [0.5, 0.6) is 0 Å². The zero-order chi connectivity index (χ0) is 14.0. The topological polar surface area (TPSA) is 47.3 Å². The Kier molecular flexibility index (Phi) is 4.54. The molecule has 1 aromatic rings. The van der Waals surface area contributed by atoms with Gasteiger partial charge in [-0.05, 0) is 24.7 Å². The fraction of sp³-hybridized carbons (Fsp3) is 0.786. The molecule has 3 unspecified atom stereocenters. The van der Waals surface area contributed by atoms with Crippen molar-refractivity contribution in [2.24, 2.45) is 11.8 Å². The highest BCUT2D eigenvalue weighted by Crippen LogP contribution is 2.46. The van der Waals surface area contributed by atoms with Gasteiger partial charge in [-0.3, -0.25) is 4.68 Å². The van der Waals surface area contributed by atoms with E-state index in [1.165, 1.54) is 0 Å². The van der Waals surface area contributed by atoms with E-state index in [0.29, 0.717) is 24.1 Å². The van der Waals surface area contributed by atoms with Gasteiger partial charge >= 0.3 is 0 Å². The van der Waals surface area contributed by atoms with Crippen LogP contribution in [0.2, 0.25) is 5.02 Å². The zero-order valence-corrected chi connectivity index (χ0v) is 12.7. The number of aromatic nitrogens is 2. The Balaban J connectivity index is 2.35. The van der Waals surface area contributed by atoms with Gasteiger partial charge in [-0.2, -0.15) is 5.10 Å². The predicted molar refractivity (Wildman–Crippen MR) is 75.2 cm³/mol. The van der Waals surface area contributed by atoms with Crippen molar-refractivity contribution in [2.45, 2.75) is 45.3 Å². The summed E-state index contributed by atoms with van der Waals surface area (Å²) in [5, 5.41) is 16.0. The second kappa shape index (κ2) is 5.81. The molecule has 1 saturated carbocycles. The molecule has 108 valence electrons. The highest BCUT2D eigenvalue weighted by Gasteiger charge is 2.44. The van der Waals surface area contributed by atoms with Crippen molar-refractivity contribution in [2.75, 3.05) is 13.7 Å². The average Bonchev–Trinajstić information content (AvgIpc) is 2.75. The number of ether oxygens (including phenoxy) is 1. The molecule has 0 saturated heterocycles. The van der Waals surface area contributed by atoms with Crippen LogP contribution in [0.3, 0.4) is 0 Å². The molecule has 0 aliphatic heterocycles. The van der Waals surface area contributed by atoms with Gasteiger partial charge in [0.05, 0.1) is 30.1 Å². The minimum absolute atomic E-state index is 0.178. The van der Waals surface area contributed by atoms with Crippen LogP contribution in [0.4, 0.5) is 0 Å². The predicted octanol–water partition coefficient (Wildman–Crippen LogP) is 2.83. The maximum absolute atomic E-state index is 11.1. The third kappa shape index (κ3) is 2.67. The zero-order valence-electron chi connectivity index (χ0n) is 11.9. The maximum atomic E-state index is 11.1. The summed E-state index contributed by atoms with van der Waals surface area (Å²) in [6.07, 6.45) is 4.55. The number of halogens is 1. The molecule has 19 heavy (non-hydrogen) atoms. The molecule has 1 aromatic heterocycles. The lowest BCUT2D eigenvalue weighted by molar-refractivity contribution is -0.0756. The molecule has 0 amide bonds. The van der Waals surface area contributed by atoms with Crippen molar-refractivity contribution in [3.63, 3.8) is 0 Å². The Labute approximate surface area is 119 Å². The van der Waals surface area contributed by atoms with Gasteiger partial charge in [-0.15, -0.1) is 0 Å². The van der Waals surface area contributed by atoms with Gasteiger partial charge < -0.3 is 9.84 Å². The van der Waals surface area contributed by atoms with Crippen LogP contribution in [-0.4, -0.2) is 28.6 Å². The molecule has 3 atom stereocenters. The highest BCUT2D eigenvalue weighted by atomic mass is 35.5. The summed E-state index contributed by atoms with van der Waals surface area (Å²) in [5.74, 6) is 0.664. The van der Waals surface area contributed by atoms with Gasteiger partial charge in [-0.25, -0.2) is 0 Å². The van der Waals surface area contributed by atoms with E-state index in [0.717, 1.165) is 25.0 Å². The van der Waals surface area contributed by atoms with Crippen molar-refractivity contribution < 1.29 is 9.84 Å². The summed E-state index contributed by atoms with van der Waals surface area (Å²) in [6.45, 7) is 5.47. The third-order valence-electron chi connectivity index (χ3n) is 4.54. The molecule has 0 spiro atoms. The van der Waals surface area contributed by atoms with E-state index < -0.39 is 5.60 Å². The van der Waals surface area contributed by atoms with Gasteiger partial charge in [0.15, 0.2) is 0 Å². The molecule has 1 aliphatic carbocycles. The van der Waals surface area contributed by atoms with E-state index in [9.17, 15) is 5.11 Å². The summed E-state index contributed by atoms with van der Waals surface area (Å²) in [6, 6.07) is 0. The Hall–Kier alpha value is -0.580. The van der Waals surface area contributed by atoms with Crippen molar-refractivity contribution in [3.05, 3.63) is 16.9 Å². The number of hydrogen-bond donors (Lipinski definition) is 1. The minimum Gasteiger partial charge on any atom is -0.383 e. The van der Waals surface area contributed by atoms with Crippen molar-refractivity contribution in [1.29, 1.82) is 0 Å². The van der Waals surface area contributed by atoms with Crippen LogP contribution in [0.25, 0.3) is 0 Å². The SMILES string of the molecule is COCCn1ncc(Cl)c1C1(O)CCCC(C)C1C. The summed E-state index contributed by atoms with van der Waals surface area (Å²) >= 11 is 6.28. The van der Waals surface area contributed by atoms with E-state index in [4.69, 9.17) is 16.3 Å². The second-order valence-electron chi connectivity index (χ2n) is 5.64. The molecular weight excluding hydrogens is 264 g/mol. The molecule has 0 bridgehead atoms. The Morgan fingerprint density at radius 3 is 3.00 bits per heavy atom. The van der Waals surface area contributed by atoms with E-state index >= 15 is 0 Å². The van der Waals surface area contributed by atoms with Gasteiger partial charge in [0.2, 0.25) is 0 Å². The normalized spacial score (nSPS) is 31.6. The molecule has 0 aromatic carbocycles. The summed E-state index contributed by atoms with van der Waals surface area (Å²) in [4.78, 5) is 0. The Morgan fingerprint density at radius 2 is 2.32 bits per heavy atom. The van der Waals surface area contributed by atoms with Crippen LogP contribution in [0, 0.1) is 11.8 Å². The van der Waals surface area contributed by atoms with Crippen LogP contribution in [0.1, 0.15) is 38.8 Å².